The number of halogens is 2. The van der Waals surface area contributed by atoms with Gasteiger partial charge in [0.05, 0.1) is 5.52 Å². The summed E-state index contributed by atoms with van der Waals surface area (Å²) in [5.74, 6) is -3.33. The number of rotatable bonds is 14. The average Bonchev–Trinajstić information content (AvgIpc) is 3.37. The summed E-state index contributed by atoms with van der Waals surface area (Å²) in [6.45, 7) is 0.0943. The van der Waals surface area contributed by atoms with E-state index in [0.717, 1.165) is 44.8 Å². The lowest BCUT2D eigenvalue weighted by molar-refractivity contribution is -0.138. The number of nitrogens with zero attached hydrogens (tertiary/aromatic N) is 1. The van der Waals surface area contributed by atoms with Crippen LogP contribution in [-0.4, -0.2) is 26.7 Å². The molecule has 1 aromatic heterocycles. The van der Waals surface area contributed by atoms with E-state index in [1.54, 1.807) is 10.8 Å². The zero-order valence-corrected chi connectivity index (χ0v) is 24.3. The Balaban J connectivity index is 1.26. The third-order valence-electron chi connectivity index (χ3n) is 7.30. The highest BCUT2D eigenvalue weighted by atomic mass is 19.2. The standard InChI is InChI=1S/C36H31F2NO6/c37-31-11-5-12-32(35(31)38)45-23-28-7-2-1-6-27(28)22-44-29-18-15-24(16-19-29)14-17-25-8-3-10-30-26(9-4-13-33(40)41)20-39(36(25)30)21-34(42)43/h1-3,5-8,10-12,14-20H,4,9,13,21-23H2,(H,40,41)(H,42,43)/b17-14+. The van der Waals surface area contributed by atoms with Crippen LogP contribution in [0.25, 0.3) is 23.1 Å². The zero-order valence-electron chi connectivity index (χ0n) is 24.3. The largest absolute Gasteiger partial charge is 0.489 e. The van der Waals surface area contributed by atoms with Crippen molar-refractivity contribution in [3.8, 4) is 11.5 Å². The van der Waals surface area contributed by atoms with Crippen LogP contribution in [0.1, 0.15) is 40.7 Å². The van der Waals surface area contributed by atoms with Crippen LogP contribution in [0, 0.1) is 11.6 Å². The van der Waals surface area contributed by atoms with Gasteiger partial charge in [-0.3, -0.25) is 9.59 Å². The van der Waals surface area contributed by atoms with Crippen molar-refractivity contribution < 1.29 is 38.1 Å². The highest BCUT2D eigenvalue weighted by Gasteiger charge is 2.14. The first-order valence-corrected chi connectivity index (χ1v) is 14.4. The molecule has 7 nitrogen and oxygen atoms in total. The Hall–Kier alpha value is -5.44. The van der Waals surface area contributed by atoms with Crippen molar-refractivity contribution in [1.82, 2.24) is 4.57 Å². The predicted octanol–water partition coefficient (Wildman–Crippen LogP) is 7.74. The number of aliphatic carboxylic acids is 2. The molecule has 4 aromatic carbocycles. The van der Waals surface area contributed by atoms with Gasteiger partial charge in [0.2, 0.25) is 5.82 Å². The summed E-state index contributed by atoms with van der Waals surface area (Å²) in [5, 5.41) is 19.4. The summed E-state index contributed by atoms with van der Waals surface area (Å²) in [6, 6.07) is 24.5. The summed E-state index contributed by atoms with van der Waals surface area (Å²) < 4.78 is 40.7. The van der Waals surface area contributed by atoms with Gasteiger partial charge in [0.1, 0.15) is 25.5 Å². The Morgan fingerprint density at radius 3 is 2.18 bits per heavy atom. The molecule has 5 rings (SSSR count). The summed E-state index contributed by atoms with van der Waals surface area (Å²) >= 11 is 0. The Bertz CT molecular complexity index is 1840. The van der Waals surface area contributed by atoms with Crippen LogP contribution >= 0.6 is 0 Å². The van der Waals surface area contributed by atoms with Crippen molar-refractivity contribution >= 4 is 35.0 Å². The number of hydrogen-bond donors (Lipinski definition) is 2. The maximum atomic E-state index is 14.0. The molecule has 0 aliphatic carbocycles. The number of carbonyl (C=O) groups is 2. The van der Waals surface area contributed by atoms with Gasteiger partial charge in [0, 0.05) is 18.0 Å². The van der Waals surface area contributed by atoms with Crippen molar-refractivity contribution in [2.75, 3.05) is 0 Å². The van der Waals surface area contributed by atoms with Crippen LogP contribution in [0.15, 0.2) is 91.1 Å². The third kappa shape index (κ3) is 7.94. The molecule has 0 amide bonds. The molecule has 5 aromatic rings. The van der Waals surface area contributed by atoms with Gasteiger partial charge in [-0.2, -0.15) is 4.39 Å². The first kappa shape index (κ1) is 31.0. The van der Waals surface area contributed by atoms with E-state index in [4.69, 9.17) is 14.6 Å². The Morgan fingerprint density at radius 1 is 0.756 bits per heavy atom. The van der Waals surface area contributed by atoms with Crippen LogP contribution in [0.3, 0.4) is 0 Å². The molecule has 0 fully saturated rings. The minimum atomic E-state index is -1.02. The lowest BCUT2D eigenvalue weighted by atomic mass is 10.0. The van der Waals surface area contributed by atoms with E-state index in [0.29, 0.717) is 18.6 Å². The van der Waals surface area contributed by atoms with Crippen LogP contribution in [-0.2, 0) is 35.8 Å². The van der Waals surface area contributed by atoms with Crippen LogP contribution in [0.2, 0.25) is 0 Å². The number of carboxylic acid groups (broad SMARTS) is 2. The molecule has 9 heteroatoms. The average molecular weight is 612 g/mol. The third-order valence-corrected chi connectivity index (χ3v) is 7.30. The van der Waals surface area contributed by atoms with Crippen LogP contribution in [0.4, 0.5) is 8.78 Å². The van der Waals surface area contributed by atoms with Crippen molar-refractivity contribution in [3.05, 3.63) is 131 Å². The van der Waals surface area contributed by atoms with E-state index in [-0.39, 0.29) is 31.9 Å². The first-order chi connectivity index (χ1) is 21.8. The molecule has 0 aliphatic rings. The summed E-state index contributed by atoms with van der Waals surface area (Å²) in [7, 11) is 0. The Morgan fingerprint density at radius 2 is 1.47 bits per heavy atom. The minimum Gasteiger partial charge on any atom is -0.489 e. The summed E-state index contributed by atoms with van der Waals surface area (Å²) in [5.41, 5.74) is 5.08. The topological polar surface area (TPSA) is 98.0 Å². The summed E-state index contributed by atoms with van der Waals surface area (Å²) in [6.07, 6.45) is 6.70. The van der Waals surface area contributed by atoms with Crippen molar-refractivity contribution in [3.63, 3.8) is 0 Å². The number of para-hydroxylation sites is 1. The minimum absolute atomic E-state index is 0.0453. The fourth-order valence-electron chi connectivity index (χ4n) is 5.11. The van der Waals surface area contributed by atoms with E-state index >= 15 is 0 Å². The molecule has 0 spiro atoms. The van der Waals surface area contributed by atoms with Gasteiger partial charge in [0.25, 0.3) is 0 Å². The van der Waals surface area contributed by atoms with Gasteiger partial charge in [-0.25, -0.2) is 4.39 Å². The van der Waals surface area contributed by atoms with Gasteiger partial charge in [0.15, 0.2) is 11.6 Å². The number of hydrogen-bond acceptors (Lipinski definition) is 4. The molecule has 0 atom stereocenters. The second-order valence-electron chi connectivity index (χ2n) is 10.5. The van der Waals surface area contributed by atoms with Gasteiger partial charge >= 0.3 is 11.9 Å². The highest BCUT2D eigenvalue weighted by molar-refractivity contribution is 5.94. The monoisotopic (exact) mass is 611 g/mol. The molecule has 0 unspecified atom stereocenters. The molecule has 0 saturated carbocycles. The molecule has 230 valence electrons. The van der Waals surface area contributed by atoms with Gasteiger partial charge in [-0.15, -0.1) is 0 Å². The number of fused-ring (bicyclic) bond motifs is 1. The molecule has 0 radical (unpaired) electrons. The molecular weight excluding hydrogens is 580 g/mol. The number of ether oxygens (including phenoxy) is 2. The quantitative estimate of drug-likeness (QED) is 0.125. The molecule has 0 bridgehead atoms. The molecule has 0 saturated heterocycles. The predicted molar refractivity (Wildman–Crippen MR) is 167 cm³/mol. The lowest BCUT2D eigenvalue weighted by Crippen LogP contribution is -2.07. The van der Waals surface area contributed by atoms with Crippen molar-refractivity contribution in [2.45, 2.75) is 39.0 Å². The zero-order chi connectivity index (χ0) is 31.8. The second kappa shape index (κ2) is 14.4. The van der Waals surface area contributed by atoms with E-state index in [1.165, 1.54) is 12.1 Å². The Kier molecular flexibility index (Phi) is 9.89. The second-order valence-corrected chi connectivity index (χ2v) is 10.5. The number of aryl methyl sites for hydroxylation is 1. The fourth-order valence-corrected chi connectivity index (χ4v) is 5.11. The molecule has 1 heterocycles. The number of aromatic nitrogens is 1. The van der Waals surface area contributed by atoms with E-state index in [2.05, 4.69) is 0 Å². The number of benzene rings is 4. The summed E-state index contributed by atoms with van der Waals surface area (Å²) in [4.78, 5) is 22.5. The normalized spacial score (nSPS) is 11.2. The number of carboxylic acids is 2. The van der Waals surface area contributed by atoms with E-state index in [1.807, 2.05) is 78.9 Å². The molecular formula is C36H31F2NO6. The van der Waals surface area contributed by atoms with Crippen LogP contribution < -0.4 is 9.47 Å². The maximum absolute atomic E-state index is 14.0. The SMILES string of the molecule is O=C(O)CCCc1cn(CC(=O)O)c2c(/C=C/c3ccc(OCc4ccccc4COc4cccc(F)c4F)cc3)cccc12. The highest BCUT2D eigenvalue weighted by Crippen LogP contribution is 2.28. The van der Waals surface area contributed by atoms with E-state index < -0.39 is 23.6 Å². The van der Waals surface area contributed by atoms with Gasteiger partial charge in [-0.1, -0.05) is 72.8 Å². The Labute approximate surface area is 258 Å². The molecule has 0 aliphatic heterocycles. The fraction of sp³-hybridized carbons (Fsp3) is 0.167. The van der Waals surface area contributed by atoms with Gasteiger partial charge in [-0.05, 0) is 64.9 Å². The van der Waals surface area contributed by atoms with Crippen molar-refractivity contribution in [2.24, 2.45) is 0 Å². The molecule has 45 heavy (non-hydrogen) atoms. The maximum Gasteiger partial charge on any atom is 0.323 e. The lowest BCUT2D eigenvalue weighted by Gasteiger charge is -2.13. The molecule has 2 N–H and O–H groups in total. The van der Waals surface area contributed by atoms with Crippen LogP contribution in [0.5, 0.6) is 11.5 Å². The smallest absolute Gasteiger partial charge is 0.323 e. The van der Waals surface area contributed by atoms with Crippen molar-refractivity contribution in [1.29, 1.82) is 0 Å². The van der Waals surface area contributed by atoms with E-state index in [9.17, 15) is 23.5 Å². The first-order valence-electron chi connectivity index (χ1n) is 14.4. The van der Waals surface area contributed by atoms with Gasteiger partial charge < -0.3 is 24.3 Å².